The standard InChI is InChI=1S/C14H20ClFN2/c1-8-4-11(15)9(2)13(14(8)16)12-5-10(6-17)7-18(12)3/h4,10,12H,5-7,17H2,1-3H3. The van der Waals surface area contributed by atoms with Gasteiger partial charge in [0, 0.05) is 23.2 Å². The van der Waals surface area contributed by atoms with Crippen LogP contribution in [0.5, 0.6) is 0 Å². The number of likely N-dealkylation sites (tertiary alicyclic amines) is 1. The molecule has 0 bridgehead atoms. The lowest BCUT2D eigenvalue weighted by atomic mass is 9.94. The molecule has 2 atom stereocenters. The van der Waals surface area contributed by atoms with Crippen molar-refractivity contribution >= 4 is 11.6 Å². The summed E-state index contributed by atoms with van der Waals surface area (Å²) in [6, 6.07) is 1.79. The van der Waals surface area contributed by atoms with Crippen LogP contribution in [0.15, 0.2) is 6.07 Å². The van der Waals surface area contributed by atoms with Crippen molar-refractivity contribution in [1.82, 2.24) is 4.90 Å². The van der Waals surface area contributed by atoms with Gasteiger partial charge in [0.2, 0.25) is 0 Å². The number of benzene rings is 1. The number of hydrogen-bond donors (Lipinski definition) is 1. The molecular formula is C14H20ClFN2. The minimum absolute atomic E-state index is 0.0935. The van der Waals surface area contributed by atoms with Crippen LogP contribution in [-0.2, 0) is 0 Å². The lowest BCUT2D eigenvalue weighted by Crippen LogP contribution is -2.21. The summed E-state index contributed by atoms with van der Waals surface area (Å²) in [5.41, 5.74) is 7.95. The van der Waals surface area contributed by atoms with E-state index in [1.165, 1.54) is 0 Å². The van der Waals surface area contributed by atoms with Crippen molar-refractivity contribution in [3.8, 4) is 0 Å². The topological polar surface area (TPSA) is 29.3 Å². The van der Waals surface area contributed by atoms with Crippen LogP contribution < -0.4 is 5.73 Å². The van der Waals surface area contributed by atoms with E-state index >= 15 is 0 Å². The maximum atomic E-state index is 14.4. The Hall–Kier alpha value is -0.640. The Balaban J connectivity index is 2.45. The van der Waals surface area contributed by atoms with E-state index in [1.54, 1.807) is 13.0 Å². The van der Waals surface area contributed by atoms with Crippen LogP contribution in [0.4, 0.5) is 4.39 Å². The molecule has 1 aromatic rings. The summed E-state index contributed by atoms with van der Waals surface area (Å²) in [6.07, 6.45) is 0.907. The van der Waals surface area contributed by atoms with Crippen LogP contribution in [0, 0.1) is 25.6 Å². The van der Waals surface area contributed by atoms with Crippen molar-refractivity contribution in [2.45, 2.75) is 26.3 Å². The molecule has 2 nitrogen and oxygen atoms in total. The van der Waals surface area contributed by atoms with Gasteiger partial charge in [0.25, 0.3) is 0 Å². The van der Waals surface area contributed by atoms with Gasteiger partial charge in [0.15, 0.2) is 0 Å². The predicted molar refractivity (Wildman–Crippen MR) is 73.4 cm³/mol. The molecule has 100 valence electrons. The lowest BCUT2D eigenvalue weighted by Gasteiger charge is -2.23. The maximum absolute atomic E-state index is 14.4. The van der Waals surface area contributed by atoms with Crippen LogP contribution >= 0.6 is 11.6 Å². The molecule has 1 aromatic carbocycles. The second kappa shape index (κ2) is 5.16. The average molecular weight is 271 g/mol. The fourth-order valence-corrected chi connectivity index (χ4v) is 3.14. The average Bonchev–Trinajstić information content (AvgIpc) is 2.69. The Morgan fingerprint density at radius 1 is 1.50 bits per heavy atom. The summed E-state index contributed by atoms with van der Waals surface area (Å²) >= 11 is 6.18. The van der Waals surface area contributed by atoms with Crippen molar-refractivity contribution in [1.29, 1.82) is 0 Å². The van der Waals surface area contributed by atoms with E-state index in [4.69, 9.17) is 17.3 Å². The van der Waals surface area contributed by atoms with E-state index in [0.717, 1.165) is 24.1 Å². The summed E-state index contributed by atoms with van der Waals surface area (Å²) < 4.78 is 14.4. The Bertz CT molecular complexity index is 435. The quantitative estimate of drug-likeness (QED) is 0.895. The van der Waals surface area contributed by atoms with Gasteiger partial charge in [-0.1, -0.05) is 11.6 Å². The highest BCUT2D eigenvalue weighted by Gasteiger charge is 2.33. The minimum atomic E-state index is -0.119. The molecule has 0 spiro atoms. The molecule has 2 rings (SSSR count). The summed E-state index contributed by atoms with van der Waals surface area (Å²) in [5.74, 6) is 0.324. The first kappa shape index (κ1) is 13.8. The molecule has 2 unspecified atom stereocenters. The molecule has 0 saturated carbocycles. The van der Waals surface area contributed by atoms with Crippen LogP contribution in [0.25, 0.3) is 0 Å². The van der Waals surface area contributed by atoms with Gasteiger partial charge in [-0.05, 0) is 57.0 Å². The zero-order valence-corrected chi connectivity index (χ0v) is 11.9. The SMILES string of the molecule is Cc1cc(Cl)c(C)c(C2CC(CN)CN2C)c1F. The van der Waals surface area contributed by atoms with Crippen LogP contribution in [0.1, 0.15) is 29.2 Å². The molecule has 1 aliphatic rings. The number of hydrogen-bond acceptors (Lipinski definition) is 2. The number of halogens is 2. The van der Waals surface area contributed by atoms with Crippen molar-refractivity contribution in [2.24, 2.45) is 11.7 Å². The van der Waals surface area contributed by atoms with E-state index in [-0.39, 0.29) is 11.9 Å². The molecule has 1 saturated heterocycles. The summed E-state index contributed by atoms with van der Waals surface area (Å²) in [5, 5.41) is 0.647. The van der Waals surface area contributed by atoms with Gasteiger partial charge in [-0.2, -0.15) is 0 Å². The fourth-order valence-electron chi connectivity index (χ4n) is 2.88. The van der Waals surface area contributed by atoms with E-state index < -0.39 is 0 Å². The highest BCUT2D eigenvalue weighted by Crippen LogP contribution is 2.39. The minimum Gasteiger partial charge on any atom is -0.330 e. The summed E-state index contributed by atoms with van der Waals surface area (Å²) in [4.78, 5) is 2.18. The molecule has 0 amide bonds. The Labute approximate surface area is 113 Å². The van der Waals surface area contributed by atoms with Crippen molar-refractivity contribution < 1.29 is 4.39 Å². The van der Waals surface area contributed by atoms with Gasteiger partial charge in [-0.25, -0.2) is 4.39 Å². The molecule has 4 heteroatoms. The summed E-state index contributed by atoms with van der Waals surface area (Å²) in [6.45, 7) is 5.23. The van der Waals surface area contributed by atoms with E-state index in [1.807, 2.05) is 14.0 Å². The third-order valence-corrected chi connectivity index (χ3v) is 4.38. The van der Waals surface area contributed by atoms with Gasteiger partial charge in [-0.3, -0.25) is 4.90 Å². The monoisotopic (exact) mass is 270 g/mol. The molecule has 18 heavy (non-hydrogen) atoms. The van der Waals surface area contributed by atoms with Crippen LogP contribution in [0.2, 0.25) is 5.02 Å². The predicted octanol–water partition coefficient (Wildman–Crippen LogP) is 3.05. The fraction of sp³-hybridized carbons (Fsp3) is 0.571. The second-order valence-corrected chi connectivity index (χ2v) is 5.73. The Kier molecular flexibility index (Phi) is 3.95. The second-order valence-electron chi connectivity index (χ2n) is 5.32. The zero-order valence-electron chi connectivity index (χ0n) is 11.1. The van der Waals surface area contributed by atoms with E-state index in [0.29, 0.717) is 23.0 Å². The molecule has 0 aromatic heterocycles. The van der Waals surface area contributed by atoms with Crippen molar-refractivity contribution in [2.75, 3.05) is 20.1 Å². The Morgan fingerprint density at radius 2 is 2.17 bits per heavy atom. The first-order valence-electron chi connectivity index (χ1n) is 6.31. The van der Waals surface area contributed by atoms with Gasteiger partial charge in [0.1, 0.15) is 5.82 Å². The molecular weight excluding hydrogens is 251 g/mol. The molecule has 2 N–H and O–H groups in total. The normalized spacial score (nSPS) is 24.8. The molecule has 1 aliphatic heterocycles. The Morgan fingerprint density at radius 3 is 2.72 bits per heavy atom. The van der Waals surface area contributed by atoms with Crippen molar-refractivity contribution in [3.63, 3.8) is 0 Å². The lowest BCUT2D eigenvalue weighted by molar-refractivity contribution is 0.305. The number of nitrogens with zero attached hydrogens (tertiary/aromatic N) is 1. The molecule has 1 fully saturated rings. The van der Waals surface area contributed by atoms with Crippen molar-refractivity contribution in [3.05, 3.63) is 33.6 Å². The highest BCUT2D eigenvalue weighted by atomic mass is 35.5. The van der Waals surface area contributed by atoms with Gasteiger partial charge in [-0.15, -0.1) is 0 Å². The molecule has 0 aliphatic carbocycles. The largest absolute Gasteiger partial charge is 0.330 e. The number of aryl methyl sites for hydroxylation is 1. The third-order valence-electron chi connectivity index (χ3n) is 3.99. The molecule has 0 radical (unpaired) electrons. The first-order valence-corrected chi connectivity index (χ1v) is 6.68. The number of rotatable bonds is 2. The van der Waals surface area contributed by atoms with Gasteiger partial charge >= 0.3 is 0 Å². The van der Waals surface area contributed by atoms with E-state index in [9.17, 15) is 4.39 Å². The van der Waals surface area contributed by atoms with Gasteiger partial charge < -0.3 is 5.73 Å². The zero-order chi connectivity index (χ0) is 13.4. The molecule has 1 heterocycles. The number of nitrogens with two attached hydrogens (primary N) is 1. The maximum Gasteiger partial charge on any atom is 0.131 e. The summed E-state index contributed by atoms with van der Waals surface area (Å²) in [7, 11) is 2.02. The van der Waals surface area contributed by atoms with Crippen LogP contribution in [-0.4, -0.2) is 25.0 Å². The smallest absolute Gasteiger partial charge is 0.131 e. The third kappa shape index (κ3) is 2.27. The first-order chi connectivity index (χ1) is 8.45. The van der Waals surface area contributed by atoms with Crippen LogP contribution in [0.3, 0.4) is 0 Å². The van der Waals surface area contributed by atoms with E-state index in [2.05, 4.69) is 4.90 Å². The highest BCUT2D eigenvalue weighted by molar-refractivity contribution is 6.31. The van der Waals surface area contributed by atoms with Gasteiger partial charge in [0.05, 0.1) is 0 Å².